The van der Waals surface area contributed by atoms with E-state index in [4.69, 9.17) is 4.74 Å². The zero-order valence-electron chi connectivity index (χ0n) is 10.3. The molecule has 0 aromatic carbocycles. The van der Waals surface area contributed by atoms with E-state index in [0.717, 1.165) is 25.7 Å². The van der Waals surface area contributed by atoms with Crippen LogP contribution in [0.25, 0.3) is 0 Å². The molecule has 1 aromatic rings. The second-order valence-electron chi connectivity index (χ2n) is 4.43. The normalized spacial score (nSPS) is 18.8. The zero-order chi connectivity index (χ0) is 12.8. The van der Waals surface area contributed by atoms with Gasteiger partial charge >= 0.3 is 0 Å². The number of nitrogens with one attached hydrogen (secondary N) is 1. The molecule has 5 nitrogen and oxygen atoms in total. The van der Waals surface area contributed by atoms with Crippen LogP contribution in [0.5, 0.6) is 0 Å². The molecule has 1 aliphatic rings. The molecular formula is C13H18N2O3. The van der Waals surface area contributed by atoms with Gasteiger partial charge in [0, 0.05) is 32.3 Å². The quantitative estimate of drug-likeness (QED) is 0.766. The van der Waals surface area contributed by atoms with Crippen molar-refractivity contribution in [2.45, 2.75) is 31.9 Å². The Morgan fingerprint density at radius 2 is 2.50 bits per heavy atom. The number of aryl methyl sites for hydroxylation is 1. The molecule has 1 fully saturated rings. The van der Waals surface area contributed by atoms with E-state index >= 15 is 0 Å². The lowest BCUT2D eigenvalue weighted by molar-refractivity contribution is -0.121. The average molecular weight is 250 g/mol. The third-order valence-corrected chi connectivity index (χ3v) is 3.12. The summed E-state index contributed by atoms with van der Waals surface area (Å²) in [4.78, 5) is 22.3. The molecule has 1 aliphatic heterocycles. The highest BCUT2D eigenvalue weighted by Gasteiger charge is 2.15. The predicted molar refractivity (Wildman–Crippen MR) is 66.4 cm³/mol. The second-order valence-corrected chi connectivity index (χ2v) is 4.43. The number of carbonyl (C=O) groups is 2. The van der Waals surface area contributed by atoms with E-state index in [9.17, 15) is 9.59 Å². The fourth-order valence-electron chi connectivity index (χ4n) is 2.08. The highest BCUT2D eigenvalue weighted by Crippen LogP contribution is 2.10. The summed E-state index contributed by atoms with van der Waals surface area (Å²) in [7, 11) is 0. The summed E-state index contributed by atoms with van der Waals surface area (Å²) in [5.41, 5.74) is 0.599. The Kier molecular flexibility index (Phi) is 4.52. The van der Waals surface area contributed by atoms with Gasteiger partial charge < -0.3 is 14.6 Å². The van der Waals surface area contributed by atoms with Crippen LogP contribution in [-0.4, -0.2) is 36.0 Å². The van der Waals surface area contributed by atoms with Gasteiger partial charge in [0.1, 0.15) is 0 Å². The number of aldehydes is 1. The summed E-state index contributed by atoms with van der Waals surface area (Å²) in [6.07, 6.45) is 5.25. The maximum Gasteiger partial charge on any atom is 0.221 e. The maximum atomic E-state index is 11.6. The van der Waals surface area contributed by atoms with Crippen molar-refractivity contribution in [3.63, 3.8) is 0 Å². The van der Waals surface area contributed by atoms with E-state index in [1.165, 1.54) is 0 Å². The molecule has 1 aromatic heterocycles. The van der Waals surface area contributed by atoms with E-state index in [1.807, 2.05) is 0 Å². The van der Waals surface area contributed by atoms with Gasteiger partial charge in [-0.15, -0.1) is 0 Å². The van der Waals surface area contributed by atoms with Crippen molar-refractivity contribution >= 4 is 12.2 Å². The number of nitrogens with zero attached hydrogens (tertiary/aromatic N) is 1. The number of aromatic nitrogens is 1. The first kappa shape index (κ1) is 12.8. The minimum Gasteiger partial charge on any atom is -0.376 e. The Morgan fingerprint density at radius 3 is 3.22 bits per heavy atom. The first-order chi connectivity index (χ1) is 8.79. The summed E-state index contributed by atoms with van der Waals surface area (Å²) >= 11 is 0. The number of hydrogen-bond acceptors (Lipinski definition) is 3. The van der Waals surface area contributed by atoms with Gasteiger partial charge in [0.15, 0.2) is 6.29 Å². The Bertz CT molecular complexity index is 408. The molecule has 0 radical (unpaired) electrons. The summed E-state index contributed by atoms with van der Waals surface area (Å²) in [5.74, 6) is -0.00366. The molecule has 1 N–H and O–H groups in total. The maximum absolute atomic E-state index is 11.6. The van der Waals surface area contributed by atoms with Crippen LogP contribution < -0.4 is 5.32 Å². The first-order valence-electron chi connectivity index (χ1n) is 6.28. The molecule has 2 heterocycles. The molecule has 1 amide bonds. The van der Waals surface area contributed by atoms with Crippen LogP contribution in [0.1, 0.15) is 29.8 Å². The van der Waals surface area contributed by atoms with Crippen LogP contribution >= 0.6 is 0 Å². The minimum absolute atomic E-state index is 0.00366. The topological polar surface area (TPSA) is 60.3 Å². The van der Waals surface area contributed by atoms with E-state index in [-0.39, 0.29) is 12.0 Å². The van der Waals surface area contributed by atoms with Crippen molar-refractivity contribution in [3.05, 3.63) is 24.0 Å². The summed E-state index contributed by atoms with van der Waals surface area (Å²) in [6, 6.07) is 3.53. The highest BCUT2D eigenvalue weighted by atomic mass is 16.5. The molecule has 18 heavy (non-hydrogen) atoms. The average Bonchev–Trinajstić information content (AvgIpc) is 3.04. The van der Waals surface area contributed by atoms with Gasteiger partial charge in [0.25, 0.3) is 0 Å². The Morgan fingerprint density at radius 1 is 1.61 bits per heavy atom. The Labute approximate surface area is 106 Å². The van der Waals surface area contributed by atoms with Gasteiger partial charge in [-0.25, -0.2) is 0 Å². The number of amides is 1. The Balaban J connectivity index is 1.69. The van der Waals surface area contributed by atoms with Crippen molar-refractivity contribution < 1.29 is 14.3 Å². The fraction of sp³-hybridized carbons (Fsp3) is 0.538. The molecule has 1 saturated heterocycles. The van der Waals surface area contributed by atoms with Crippen molar-refractivity contribution in [2.24, 2.45) is 0 Å². The molecular weight excluding hydrogens is 232 g/mol. The van der Waals surface area contributed by atoms with Gasteiger partial charge in [0.2, 0.25) is 5.91 Å². The number of hydrogen-bond donors (Lipinski definition) is 1. The van der Waals surface area contributed by atoms with Crippen molar-refractivity contribution in [1.29, 1.82) is 0 Å². The number of ether oxygens (including phenoxy) is 1. The number of carbonyl (C=O) groups excluding carboxylic acids is 2. The third kappa shape index (κ3) is 3.43. The van der Waals surface area contributed by atoms with Gasteiger partial charge in [-0.05, 0) is 25.0 Å². The van der Waals surface area contributed by atoms with Crippen LogP contribution in [-0.2, 0) is 16.1 Å². The van der Waals surface area contributed by atoms with E-state index < -0.39 is 0 Å². The fourth-order valence-corrected chi connectivity index (χ4v) is 2.08. The summed E-state index contributed by atoms with van der Waals surface area (Å²) in [5, 5.41) is 2.86. The largest absolute Gasteiger partial charge is 0.376 e. The van der Waals surface area contributed by atoms with Crippen LogP contribution in [0.4, 0.5) is 0 Å². The zero-order valence-corrected chi connectivity index (χ0v) is 10.3. The minimum atomic E-state index is -0.00366. The molecule has 5 heteroatoms. The highest BCUT2D eigenvalue weighted by molar-refractivity contribution is 5.76. The summed E-state index contributed by atoms with van der Waals surface area (Å²) in [6.45, 7) is 1.91. The van der Waals surface area contributed by atoms with E-state index in [2.05, 4.69) is 5.32 Å². The molecule has 0 spiro atoms. The SMILES string of the molecule is O=Cc1cccn1CCC(=O)NCC1CCCO1. The van der Waals surface area contributed by atoms with Crippen molar-refractivity contribution in [2.75, 3.05) is 13.2 Å². The monoisotopic (exact) mass is 250 g/mol. The first-order valence-corrected chi connectivity index (χ1v) is 6.28. The molecule has 0 saturated carbocycles. The number of rotatable bonds is 6. The smallest absolute Gasteiger partial charge is 0.221 e. The standard InChI is InChI=1S/C13H18N2O3/c16-10-11-3-1-6-15(11)7-5-13(17)14-9-12-4-2-8-18-12/h1,3,6,10,12H,2,4-5,7-9H2,(H,14,17). The van der Waals surface area contributed by atoms with Crippen LogP contribution in [0.3, 0.4) is 0 Å². The molecule has 98 valence electrons. The lowest BCUT2D eigenvalue weighted by atomic mass is 10.2. The predicted octanol–water partition coefficient (Wildman–Crippen LogP) is 0.986. The lowest BCUT2D eigenvalue weighted by Crippen LogP contribution is -2.32. The van der Waals surface area contributed by atoms with E-state index in [1.54, 1.807) is 22.9 Å². The van der Waals surface area contributed by atoms with E-state index in [0.29, 0.717) is 25.2 Å². The summed E-state index contributed by atoms with van der Waals surface area (Å²) < 4.78 is 7.20. The molecule has 1 atom stereocenters. The Hall–Kier alpha value is -1.62. The van der Waals surface area contributed by atoms with Gasteiger partial charge in [-0.1, -0.05) is 0 Å². The third-order valence-electron chi connectivity index (χ3n) is 3.12. The molecule has 0 aliphatic carbocycles. The molecule has 2 rings (SSSR count). The van der Waals surface area contributed by atoms with Gasteiger partial charge in [-0.3, -0.25) is 9.59 Å². The second kappa shape index (κ2) is 6.35. The van der Waals surface area contributed by atoms with Gasteiger partial charge in [0.05, 0.1) is 11.8 Å². The van der Waals surface area contributed by atoms with Crippen molar-refractivity contribution in [1.82, 2.24) is 9.88 Å². The molecule has 0 bridgehead atoms. The van der Waals surface area contributed by atoms with Gasteiger partial charge in [-0.2, -0.15) is 0 Å². The van der Waals surface area contributed by atoms with Crippen LogP contribution in [0, 0.1) is 0 Å². The van der Waals surface area contributed by atoms with Crippen LogP contribution in [0.15, 0.2) is 18.3 Å². The lowest BCUT2D eigenvalue weighted by Gasteiger charge is -2.11. The van der Waals surface area contributed by atoms with Crippen LogP contribution in [0.2, 0.25) is 0 Å². The molecule has 1 unspecified atom stereocenters. The van der Waals surface area contributed by atoms with Crippen molar-refractivity contribution in [3.8, 4) is 0 Å².